The Labute approximate surface area is 97.1 Å². The van der Waals surface area contributed by atoms with Gasteiger partial charge in [0.25, 0.3) is 0 Å². The number of halogens is 1. The highest BCUT2D eigenvalue weighted by atomic mass is 32.1. The number of aromatic amines is 1. The van der Waals surface area contributed by atoms with Crippen LogP contribution in [0.3, 0.4) is 0 Å². The Morgan fingerprint density at radius 1 is 1.38 bits per heavy atom. The maximum absolute atomic E-state index is 13.6. The number of pyridine rings is 1. The van der Waals surface area contributed by atoms with Crippen molar-refractivity contribution in [2.45, 2.75) is 0 Å². The molecule has 0 saturated carbocycles. The van der Waals surface area contributed by atoms with Gasteiger partial charge in [-0.2, -0.15) is 12.6 Å². The average Bonchev–Trinajstić information content (AvgIpc) is 2.27. The molecule has 0 bridgehead atoms. The number of benzene rings is 1. The van der Waals surface area contributed by atoms with E-state index in [9.17, 15) is 9.18 Å². The lowest BCUT2D eigenvalue weighted by Crippen LogP contribution is -2.06. The summed E-state index contributed by atoms with van der Waals surface area (Å²) in [6.07, 6.45) is 0. The van der Waals surface area contributed by atoms with Crippen molar-refractivity contribution in [3.63, 3.8) is 0 Å². The first-order valence-electron chi connectivity index (χ1n) is 4.88. The van der Waals surface area contributed by atoms with Crippen molar-refractivity contribution in [1.29, 1.82) is 0 Å². The summed E-state index contributed by atoms with van der Waals surface area (Å²) < 4.78 is 13.6. The van der Waals surface area contributed by atoms with Gasteiger partial charge in [-0.15, -0.1) is 0 Å². The number of rotatable bonds is 3. The number of hydrogen-bond acceptors (Lipinski definition) is 3. The maximum Gasteiger partial charge on any atom is 0.248 e. The second kappa shape index (κ2) is 4.57. The fraction of sp³-hybridized carbons (Fsp3) is 0.182. The molecular formula is C11H11FN2OS. The molecule has 0 fully saturated rings. The molecule has 2 N–H and O–H groups in total. The van der Waals surface area contributed by atoms with Gasteiger partial charge in [-0.05, 0) is 18.2 Å². The van der Waals surface area contributed by atoms with Gasteiger partial charge in [-0.3, -0.25) is 4.79 Å². The van der Waals surface area contributed by atoms with Crippen LogP contribution in [0.4, 0.5) is 10.1 Å². The molecule has 0 radical (unpaired) electrons. The molecule has 2 rings (SSSR count). The smallest absolute Gasteiger partial charge is 0.248 e. The third kappa shape index (κ3) is 2.19. The second-order valence-electron chi connectivity index (χ2n) is 3.39. The molecule has 1 aromatic heterocycles. The van der Waals surface area contributed by atoms with Crippen molar-refractivity contribution in [3.8, 4) is 0 Å². The summed E-state index contributed by atoms with van der Waals surface area (Å²) in [5, 5.41) is 3.58. The number of anilines is 1. The Balaban J connectivity index is 2.51. The van der Waals surface area contributed by atoms with Gasteiger partial charge >= 0.3 is 0 Å². The van der Waals surface area contributed by atoms with Gasteiger partial charge in [0.2, 0.25) is 5.56 Å². The molecule has 3 nitrogen and oxygen atoms in total. The zero-order valence-corrected chi connectivity index (χ0v) is 9.35. The topological polar surface area (TPSA) is 44.9 Å². The molecule has 0 atom stereocenters. The van der Waals surface area contributed by atoms with Gasteiger partial charge in [0.05, 0.1) is 11.2 Å². The van der Waals surface area contributed by atoms with Crippen LogP contribution in [0.2, 0.25) is 0 Å². The molecule has 16 heavy (non-hydrogen) atoms. The van der Waals surface area contributed by atoms with Gasteiger partial charge in [0, 0.05) is 23.8 Å². The van der Waals surface area contributed by atoms with Gasteiger partial charge in [-0.1, -0.05) is 0 Å². The summed E-state index contributed by atoms with van der Waals surface area (Å²) in [4.78, 5) is 13.8. The summed E-state index contributed by atoms with van der Waals surface area (Å²) in [5.41, 5.74) is 0.804. The van der Waals surface area contributed by atoms with Crippen molar-refractivity contribution >= 4 is 29.2 Å². The van der Waals surface area contributed by atoms with Crippen molar-refractivity contribution in [3.05, 3.63) is 40.4 Å². The molecule has 1 heterocycles. The fourth-order valence-corrected chi connectivity index (χ4v) is 1.61. The molecule has 2 aromatic rings. The van der Waals surface area contributed by atoms with Crippen LogP contribution in [0.25, 0.3) is 10.9 Å². The summed E-state index contributed by atoms with van der Waals surface area (Å²) in [6.45, 7) is 0.572. The van der Waals surface area contributed by atoms with Gasteiger partial charge in [0.15, 0.2) is 0 Å². The third-order valence-corrected chi connectivity index (χ3v) is 2.46. The zero-order valence-electron chi connectivity index (χ0n) is 8.46. The van der Waals surface area contributed by atoms with Crippen LogP contribution in [-0.4, -0.2) is 17.3 Å². The van der Waals surface area contributed by atoms with Crippen molar-refractivity contribution in [1.82, 2.24) is 4.98 Å². The van der Waals surface area contributed by atoms with E-state index in [4.69, 9.17) is 0 Å². The quantitative estimate of drug-likeness (QED) is 0.716. The van der Waals surface area contributed by atoms with Gasteiger partial charge in [-0.25, -0.2) is 4.39 Å². The molecule has 0 amide bonds. The Kier molecular flexibility index (Phi) is 3.14. The Bertz CT molecular complexity index is 567. The number of thiol groups is 1. The highest BCUT2D eigenvalue weighted by molar-refractivity contribution is 7.80. The van der Waals surface area contributed by atoms with Crippen LogP contribution in [0.15, 0.2) is 29.1 Å². The van der Waals surface area contributed by atoms with Crippen LogP contribution in [0, 0.1) is 5.82 Å². The molecule has 0 aliphatic heterocycles. The summed E-state index contributed by atoms with van der Waals surface area (Å²) >= 11 is 4.03. The van der Waals surface area contributed by atoms with E-state index in [1.54, 1.807) is 12.1 Å². The lowest BCUT2D eigenvalue weighted by atomic mass is 10.2. The summed E-state index contributed by atoms with van der Waals surface area (Å²) in [6, 6.07) is 5.96. The van der Waals surface area contributed by atoms with E-state index in [0.717, 1.165) is 0 Å². The van der Waals surface area contributed by atoms with Gasteiger partial charge in [0.1, 0.15) is 5.82 Å². The van der Waals surface area contributed by atoms with Crippen LogP contribution in [0.5, 0.6) is 0 Å². The first-order chi connectivity index (χ1) is 7.70. The van der Waals surface area contributed by atoms with E-state index in [2.05, 4.69) is 22.9 Å². The van der Waals surface area contributed by atoms with Gasteiger partial charge < -0.3 is 10.3 Å². The first kappa shape index (κ1) is 11.0. The minimum Gasteiger partial charge on any atom is -0.382 e. The van der Waals surface area contributed by atoms with Crippen LogP contribution in [0.1, 0.15) is 0 Å². The third-order valence-electron chi connectivity index (χ3n) is 2.24. The number of aromatic nitrogens is 1. The summed E-state index contributed by atoms with van der Waals surface area (Å²) in [7, 11) is 0. The minimum atomic E-state index is -0.332. The Morgan fingerprint density at radius 2 is 2.19 bits per heavy atom. The van der Waals surface area contributed by atoms with E-state index in [1.165, 1.54) is 12.1 Å². The predicted molar refractivity (Wildman–Crippen MR) is 66.9 cm³/mol. The second-order valence-corrected chi connectivity index (χ2v) is 3.84. The number of nitrogens with one attached hydrogen (secondary N) is 2. The number of hydrogen-bond donors (Lipinski definition) is 3. The zero-order chi connectivity index (χ0) is 11.5. The minimum absolute atomic E-state index is 0.195. The lowest BCUT2D eigenvalue weighted by Gasteiger charge is -2.07. The van der Waals surface area contributed by atoms with Crippen molar-refractivity contribution < 1.29 is 4.39 Å². The van der Waals surface area contributed by atoms with E-state index in [-0.39, 0.29) is 11.4 Å². The number of fused-ring (bicyclic) bond motifs is 1. The molecule has 0 aliphatic carbocycles. The average molecular weight is 238 g/mol. The highest BCUT2D eigenvalue weighted by Gasteiger charge is 2.04. The normalized spacial score (nSPS) is 10.6. The van der Waals surface area contributed by atoms with Crippen LogP contribution < -0.4 is 10.9 Å². The molecule has 0 saturated heterocycles. The van der Waals surface area contributed by atoms with E-state index < -0.39 is 0 Å². The Hall–Kier alpha value is -1.49. The molecule has 0 unspecified atom stereocenters. The number of H-pyrrole nitrogens is 1. The van der Waals surface area contributed by atoms with Crippen LogP contribution in [-0.2, 0) is 0 Å². The summed E-state index contributed by atoms with van der Waals surface area (Å²) in [5.74, 6) is 0.282. The molecule has 0 aliphatic rings. The molecule has 5 heteroatoms. The van der Waals surface area contributed by atoms with E-state index >= 15 is 0 Å². The van der Waals surface area contributed by atoms with E-state index in [0.29, 0.717) is 28.9 Å². The Morgan fingerprint density at radius 3 is 2.94 bits per heavy atom. The SMILES string of the molecule is O=c1ccc2cc(F)c(NCCS)cc2[nH]1. The largest absolute Gasteiger partial charge is 0.382 e. The van der Waals surface area contributed by atoms with E-state index in [1.807, 2.05) is 0 Å². The predicted octanol–water partition coefficient (Wildman–Crippen LogP) is 2.01. The molecular weight excluding hydrogens is 227 g/mol. The first-order valence-corrected chi connectivity index (χ1v) is 5.51. The molecule has 1 aromatic carbocycles. The maximum atomic E-state index is 13.6. The molecule has 0 spiro atoms. The van der Waals surface area contributed by atoms with Crippen LogP contribution >= 0.6 is 12.6 Å². The fourth-order valence-electron chi connectivity index (χ4n) is 1.50. The van der Waals surface area contributed by atoms with Crippen molar-refractivity contribution in [2.75, 3.05) is 17.6 Å². The monoisotopic (exact) mass is 238 g/mol. The molecule has 84 valence electrons. The highest BCUT2D eigenvalue weighted by Crippen LogP contribution is 2.20. The van der Waals surface area contributed by atoms with Crippen molar-refractivity contribution in [2.24, 2.45) is 0 Å². The lowest BCUT2D eigenvalue weighted by molar-refractivity contribution is 0.632. The standard InChI is InChI=1S/C11H11FN2OS/c12-8-5-7-1-2-11(15)14-9(7)6-10(8)13-3-4-16/h1-2,5-6,13,16H,3-4H2,(H,14,15).